The fraction of sp³-hybridized carbons (Fsp3) is 0.211. The predicted molar refractivity (Wildman–Crippen MR) is 93.2 cm³/mol. The molecule has 0 unspecified atom stereocenters. The molecule has 0 radical (unpaired) electrons. The molecule has 3 rings (SSSR count). The van der Waals surface area contributed by atoms with E-state index in [0.29, 0.717) is 23.6 Å². The van der Waals surface area contributed by atoms with Gasteiger partial charge < -0.3 is 19.2 Å². The van der Waals surface area contributed by atoms with E-state index in [1.165, 1.54) is 0 Å². The van der Waals surface area contributed by atoms with Gasteiger partial charge in [-0.15, -0.1) is 0 Å². The van der Waals surface area contributed by atoms with Crippen LogP contribution in [0.1, 0.15) is 39.3 Å². The number of hydrogen-bond donors (Lipinski definition) is 1. The van der Waals surface area contributed by atoms with Gasteiger partial charge in [-0.3, -0.25) is 9.59 Å². The Balaban J connectivity index is 1.79. The number of rotatable bonds is 7. The number of nitrogens with zero attached hydrogens (tertiary/aromatic N) is 2. The molecule has 0 spiro atoms. The maximum absolute atomic E-state index is 12.9. The first-order valence-corrected chi connectivity index (χ1v) is 8.28. The third-order valence-electron chi connectivity index (χ3n) is 3.71. The number of amides is 2. The van der Waals surface area contributed by atoms with Crippen molar-refractivity contribution in [2.75, 3.05) is 6.54 Å². The van der Waals surface area contributed by atoms with E-state index in [-0.39, 0.29) is 30.6 Å². The fourth-order valence-electron chi connectivity index (χ4n) is 2.49. The van der Waals surface area contributed by atoms with Crippen LogP contribution >= 0.6 is 0 Å². The molecule has 2 aromatic heterocycles. The van der Waals surface area contributed by atoms with Gasteiger partial charge in [-0.2, -0.15) is 0 Å². The van der Waals surface area contributed by atoms with Crippen LogP contribution in [0.25, 0.3) is 0 Å². The summed E-state index contributed by atoms with van der Waals surface area (Å²) in [5.41, 5.74) is 0.745. The minimum atomic E-state index is -0.311. The van der Waals surface area contributed by atoms with Crippen LogP contribution in [-0.2, 0) is 13.1 Å². The Morgan fingerprint density at radius 2 is 1.85 bits per heavy atom. The summed E-state index contributed by atoms with van der Waals surface area (Å²) in [5, 5.41) is 6.42. The van der Waals surface area contributed by atoms with E-state index in [4.69, 9.17) is 8.94 Å². The molecule has 1 N–H and O–H groups in total. The lowest BCUT2D eigenvalue weighted by molar-refractivity contribution is 0.0700. The van der Waals surface area contributed by atoms with E-state index < -0.39 is 0 Å². The molecule has 0 aliphatic rings. The monoisotopic (exact) mass is 353 g/mol. The highest BCUT2D eigenvalue weighted by Crippen LogP contribution is 2.15. The summed E-state index contributed by atoms with van der Waals surface area (Å²) >= 11 is 0. The van der Waals surface area contributed by atoms with Gasteiger partial charge in [0.2, 0.25) is 0 Å². The van der Waals surface area contributed by atoms with Gasteiger partial charge in [-0.05, 0) is 31.2 Å². The molecular weight excluding hydrogens is 334 g/mol. The molecule has 0 aliphatic carbocycles. The lowest BCUT2D eigenvalue weighted by Crippen LogP contribution is -2.29. The van der Waals surface area contributed by atoms with Gasteiger partial charge in [-0.25, -0.2) is 0 Å². The van der Waals surface area contributed by atoms with E-state index in [9.17, 15) is 9.59 Å². The molecule has 0 aliphatic heterocycles. The Morgan fingerprint density at radius 1 is 1.08 bits per heavy atom. The maximum atomic E-state index is 12.9. The predicted octanol–water partition coefficient (Wildman–Crippen LogP) is 2.86. The van der Waals surface area contributed by atoms with Crippen molar-refractivity contribution < 1.29 is 18.5 Å². The highest BCUT2D eigenvalue weighted by atomic mass is 16.5. The first-order valence-electron chi connectivity index (χ1n) is 8.28. The van der Waals surface area contributed by atoms with Crippen molar-refractivity contribution in [3.05, 3.63) is 77.6 Å². The summed E-state index contributed by atoms with van der Waals surface area (Å²) in [6.07, 6.45) is 1.56. The lowest BCUT2D eigenvalue weighted by atomic mass is 10.2. The van der Waals surface area contributed by atoms with Gasteiger partial charge in [0, 0.05) is 18.2 Å². The average molecular weight is 353 g/mol. The molecule has 2 heterocycles. The number of nitrogens with one attached hydrogen (secondary N) is 1. The average Bonchev–Trinajstić information content (AvgIpc) is 3.33. The normalized spacial score (nSPS) is 10.5. The van der Waals surface area contributed by atoms with E-state index in [2.05, 4.69) is 10.5 Å². The molecule has 26 heavy (non-hydrogen) atoms. The topological polar surface area (TPSA) is 88.6 Å². The Labute approximate surface area is 150 Å². The highest BCUT2D eigenvalue weighted by Gasteiger charge is 2.21. The SMILES string of the molecule is CCNC(=O)c1cc(CN(Cc2ccco2)C(=O)c2ccccc2)on1. The van der Waals surface area contributed by atoms with Gasteiger partial charge in [0.25, 0.3) is 11.8 Å². The van der Waals surface area contributed by atoms with Crippen molar-refractivity contribution in [3.63, 3.8) is 0 Å². The first-order chi connectivity index (χ1) is 12.7. The van der Waals surface area contributed by atoms with Crippen molar-refractivity contribution in [2.24, 2.45) is 0 Å². The summed E-state index contributed by atoms with van der Waals surface area (Å²) in [6.45, 7) is 2.76. The highest BCUT2D eigenvalue weighted by molar-refractivity contribution is 5.94. The van der Waals surface area contributed by atoms with Gasteiger partial charge in [0.05, 0.1) is 19.4 Å². The van der Waals surface area contributed by atoms with Crippen molar-refractivity contribution in [1.29, 1.82) is 0 Å². The Kier molecular flexibility index (Phi) is 5.48. The summed E-state index contributed by atoms with van der Waals surface area (Å²) in [6, 6.07) is 14.1. The number of aromatic nitrogens is 1. The minimum Gasteiger partial charge on any atom is -0.467 e. The van der Waals surface area contributed by atoms with E-state index in [1.54, 1.807) is 53.6 Å². The van der Waals surface area contributed by atoms with Crippen LogP contribution in [0.5, 0.6) is 0 Å². The number of benzene rings is 1. The van der Waals surface area contributed by atoms with E-state index in [1.807, 2.05) is 13.0 Å². The Hall–Kier alpha value is -3.35. The van der Waals surface area contributed by atoms with Crippen molar-refractivity contribution >= 4 is 11.8 Å². The second kappa shape index (κ2) is 8.15. The number of carbonyl (C=O) groups excluding carboxylic acids is 2. The van der Waals surface area contributed by atoms with Crippen LogP contribution in [0.3, 0.4) is 0 Å². The molecule has 1 aromatic carbocycles. The van der Waals surface area contributed by atoms with Crippen LogP contribution in [0.2, 0.25) is 0 Å². The van der Waals surface area contributed by atoms with Gasteiger partial charge >= 0.3 is 0 Å². The van der Waals surface area contributed by atoms with Crippen molar-refractivity contribution in [3.8, 4) is 0 Å². The summed E-state index contributed by atoms with van der Waals surface area (Å²) < 4.78 is 10.6. The van der Waals surface area contributed by atoms with Crippen LogP contribution in [0.4, 0.5) is 0 Å². The van der Waals surface area contributed by atoms with Gasteiger partial charge in [0.1, 0.15) is 5.76 Å². The largest absolute Gasteiger partial charge is 0.467 e. The number of hydrogen-bond acceptors (Lipinski definition) is 5. The molecule has 3 aromatic rings. The molecule has 0 atom stereocenters. The molecule has 0 saturated heterocycles. The molecule has 2 amide bonds. The molecule has 7 nitrogen and oxygen atoms in total. The van der Waals surface area contributed by atoms with E-state index >= 15 is 0 Å². The van der Waals surface area contributed by atoms with Gasteiger partial charge in [-0.1, -0.05) is 23.4 Å². The van der Waals surface area contributed by atoms with Gasteiger partial charge in [0.15, 0.2) is 11.5 Å². The number of carbonyl (C=O) groups is 2. The number of furan rings is 1. The van der Waals surface area contributed by atoms with Crippen LogP contribution in [0, 0.1) is 0 Å². The fourth-order valence-corrected chi connectivity index (χ4v) is 2.49. The van der Waals surface area contributed by atoms with Crippen LogP contribution in [0.15, 0.2) is 63.7 Å². The molecule has 0 saturated carbocycles. The summed E-state index contributed by atoms with van der Waals surface area (Å²) in [4.78, 5) is 26.3. The van der Waals surface area contributed by atoms with Crippen LogP contribution in [-0.4, -0.2) is 28.4 Å². The second-order valence-corrected chi connectivity index (χ2v) is 5.64. The standard InChI is InChI=1S/C19H19N3O4/c1-2-20-18(23)17-11-16(26-21-17)13-22(12-15-9-6-10-25-15)19(24)14-7-4-3-5-8-14/h3-11H,2,12-13H2,1H3,(H,20,23). The quantitative estimate of drug-likeness (QED) is 0.705. The summed E-state index contributed by atoms with van der Waals surface area (Å²) in [5.74, 6) is 0.590. The Morgan fingerprint density at radius 3 is 2.54 bits per heavy atom. The summed E-state index contributed by atoms with van der Waals surface area (Å²) in [7, 11) is 0. The zero-order chi connectivity index (χ0) is 18.4. The zero-order valence-electron chi connectivity index (χ0n) is 14.3. The maximum Gasteiger partial charge on any atom is 0.273 e. The van der Waals surface area contributed by atoms with Crippen LogP contribution < -0.4 is 5.32 Å². The third kappa shape index (κ3) is 4.18. The lowest BCUT2D eigenvalue weighted by Gasteiger charge is -2.20. The molecule has 7 heteroatoms. The van der Waals surface area contributed by atoms with E-state index in [0.717, 1.165) is 0 Å². The van der Waals surface area contributed by atoms with Crippen molar-refractivity contribution in [2.45, 2.75) is 20.0 Å². The van der Waals surface area contributed by atoms with Crippen molar-refractivity contribution in [1.82, 2.24) is 15.4 Å². The third-order valence-corrected chi connectivity index (χ3v) is 3.71. The molecular formula is C19H19N3O4. The first kappa shape index (κ1) is 17.5. The second-order valence-electron chi connectivity index (χ2n) is 5.64. The molecule has 134 valence electrons. The smallest absolute Gasteiger partial charge is 0.273 e. The molecule has 0 fully saturated rings. The molecule has 0 bridgehead atoms. The Bertz CT molecular complexity index is 856. The zero-order valence-corrected chi connectivity index (χ0v) is 14.3. The minimum absolute atomic E-state index is 0.167.